The van der Waals surface area contributed by atoms with Crippen molar-refractivity contribution in [2.24, 2.45) is 0 Å². The minimum atomic E-state index is -0.814. The second-order valence-corrected chi connectivity index (χ2v) is 6.31. The van der Waals surface area contributed by atoms with Crippen LogP contribution < -0.4 is 0 Å². The van der Waals surface area contributed by atoms with E-state index in [0.717, 1.165) is 10.4 Å². The van der Waals surface area contributed by atoms with Crippen LogP contribution in [0.25, 0.3) is 0 Å². The predicted octanol–water partition coefficient (Wildman–Crippen LogP) is 3.26. The van der Waals surface area contributed by atoms with Crippen molar-refractivity contribution >= 4 is 11.3 Å². The lowest BCUT2D eigenvalue weighted by Gasteiger charge is -2.15. The van der Waals surface area contributed by atoms with Gasteiger partial charge in [-0.15, -0.1) is 11.3 Å². The van der Waals surface area contributed by atoms with Gasteiger partial charge in [0.05, 0.1) is 5.51 Å². The zero-order valence-electron chi connectivity index (χ0n) is 12.4. The molecule has 3 aromatic rings. The molecule has 0 fully saturated rings. The topological polar surface area (TPSA) is 72.0 Å². The Hall–Kier alpha value is -2.05. The normalized spacial score (nSPS) is 14.0. The van der Waals surface area contributed by atoms with Crippen LogP contribution in [-0.2, 0) is 6.42 Å². The van der Waals surface area contributed by atoms with Gasteiger partial charge in [-0.3, -0.25) is 4.98 Å². The first-order valence-corrected chi connectivity index (χ1v) is 7.96. The Balaban J connectivity index is 1.73. The van der Waals surface area contributed by atoms with Crippen LogP contribution in [0.15, 0.2) is 40.5 Å². The Morgan fingerprint density at radius 2 is 2.05 bits per heavy atom. The van der Waals surface area contributed by atoms with Crippen molar-refractivity contribution in [2.75, 3.05) is 0 Å². The fraction of sp³-hybridized carbons (Fsp3) is 0.312. The van der Waals surface area contributed by atoms with Crippen LogP contribution in [0.1, 0.15) is 46.7 Å². The molecule has 0 aliphatic carbocycles. The van der Waals surface area contributed by atoms with Crippen molar-refractivity contribution in [3.05, 3.63) is 63.7 Å². The molecular formula is C16H17N3O2S. The van der Waals surface area contributed by atoms with Gasteiger partial charge in [0.15, 0.2) is 5.82 Å². The highest BCUT2D eigenvalue weighted by Crippen LogP contribution is 2.29. The zero-order chi connectivity index (χ0) is 15.5. The summed E-state index contributed by atoms with van der Waals surface area (Å²) in [5, 5.41) is 14.4. The number of benzene rings is 1. The van der Waals surface area contributed by atoms with Crippen LogP contribution in [0.3, 0.4) is 0 Å². The minimum absolute atomic E-state index is 0.114. The SMILES string of the molecule is Cc1ccc(C(C)C(O)c2nc(Cc3cncs3)no2)cc1. The maximum Gasteiger partial charge on any atom is 0.256 e. The van der Waals surface area contributed by atoms with Crippen LogP contribution in [0, 0.1) is 6.92 Å². The second kappa shape index (κ2) is 6.37. The first-order chi connectivity index (χ1) is 10.6. The van der Waals surface area contributed by atoms with E-state index in [-0.39, 0.29) is 11.8 Å². The van der Waals surface area contributed by atoms with E-state index in [4.69, 9.17) is 4.52 Å². The van der Waals surface area contributed by atoms with Crippen molar-refractivity contribution in [1.29, 1.82) is 0 Å². The highest BCUT2D eigenvalue weighted by molar-refractivity contribution is 7.09. The molecule has 3 rings (SSSR count). The maximum atomic E-state index is 10.4. The number of aryl methyl sites for hydroxylation is 1. The molecule has 0 aliphatic rings. The standard InChI is InChI=1S/C16H17N3O2S/c1-10-3-5-12(6-4-10)11(2)15(20)16-18-14(19-21-16)7-13-8-17-9-22-13/h3-6,8-9,11,15,20H,7H2,1-2H3. The number of thiazole rings is 1. The van der Waals surface area contributed by atoms with E-state index in [2.05, 4.69) is 15.1 Å². The lowest BCUT2D eigenvalue weighted by molar-refractivity contribution is 0.111. The number of aliphatic hydroxyl groups is 1. The molecule has 6 heteroatoms. The van der Waals surface area contributed by atoms with Gasteiger partial charge in [0.25, 0.3) is 5.89 Å². The van der Waals surface area contributed by atoms with Crippen LogP contribution in [0.4, 0.5) is 0 Å². The Morgan fingerprint density at radius 3 is 2.73 bits per heavy atom. The molecule has 2 heterocycles. The van der Waals surface area contributed by atoms with Gasteiger partial charge in [-0.2, -0.15) is 4.98 Å². The summed E-state index contributed by atoms with van der Waals surface area (Å²) in [6.45, 7) is 3.98. The van der Waals surface area contributed by atoms with E-state index < -0.39 is 6.10 Å². The first-order valence-electron chi connectivity index (χ1n) is 7.08. The summed E-state index contributed by atoms with van der Waals surface area (Å²) in [4.78, 5) is 9.38. The van der Waals surface area contributed by atoms with E-state index in [1.54, 1.807) is 23.0 Å². The summed E-state index contributed by atoms with van der Waals surface area (Å²) in [7, 11) is 0. The minimum Gasteiger partial charge on any atom is -0.383 e. The average Bonchev–Trinajstić information content (AvgIpc) is 3.19. The Bertz CT molecular complexity index is 722. The predicted molar refractivity (Wildman–Crippen MR) is 83.8 cm³/mol. The molecular weight excluding hydrogens is 298 g/mol. The molecule has 5 nitrogen and oxygen atoms in total. The van der Waals surface area contributed by atoms with E-state index in [9.17, 15) is 5.11 Å². The van der Waals surface area contributed by atoms with Gasteiger partial charge in [-0.25, -0.2) is 0 Å². The molecule has 114 valence electrons. The number of hydrogen-bond acceptors (Lipinski definition) is 6. The van der Waals surface area contributed by atoms with E-state index in [0.29, 0.717) is 12.2 Å². The largest absolute Gasteiger partial charge is 0.383 e. The number of hydrogen-bond donors (Lipinski definition) is 1. The summed E-state index contributed by atoms with van der Waals surface area (Å²) in [5.74, 6) is 0.708. The second-order valence-electron chi connectivity index (χ2n) is 5.34. The Kier molecular flexibility index (Phi) is 4.31. The number of aromatic nitrogens is 3. The number of rotatable bonds is 5. The lowest BCUT2D eigenvalue weighted by Crippen LogP contribution is -2.08. The molecule has 0 aliphatic heterocycles. The molecule has 2 aromatic heterocycles. The van der Waals surface area contributed by atoms with Gasteiger partial charge in [0.2, 0.25) is 0 Å². The van der Waals surface area contributed by atoms with Crippen molar-refractivity contribution in [3.63, 3.8) is 0 Å². The smallest absolute Gasteiger partial charge is 0.256 e. The van der Waals surface area contributed by atoms with Gasteiger partial charge in [-0.1, -0.05) is 41.9 Å². The monoisotopic (exact) mass is 315 g/mol. The van der Waals surface area contributed by atoms with Crippen LogP contribution in [0.2, 0.25) is 0 Å². The molecule has 0 saturated heterocycles. The Labute approximate surface area is 132 Å². The zero-order valence-corrected chi connectivity index (χ0v) is 13.2. The van der Waals surface area contributed by atoms with Crippen LogP contribution in [-0.4, -0.2) is 20.2 Å². The van der Waals surface area contributed by atoms with E-state index >= 15 is 0 Å². The van der Waals surface area contributed by atoms with Gasteiger partial charge < -0.3 is 9.63 Å². The Morgan fingerprint density at radius 1 is 1.27 bits per heavy atom. The molecule has 0 bridgehead atoms. The van der Waals surface area contributed by atoms with Gasteiger partial charge in [0, 0.05) is 23.4 Å². The molecule has 0 radical (unpaired) electrons. The summed E-state index contributed by atoms with van der Waals surface area (Å²) < 4.78 is 5.21. The quantitative estimate of drug-likeness (QED) is 0.782. The van der Waals surface area contributed by atoms with Crippen molar-refractivity contribution < 1.29 is 9.63 Å². The third-order valence-corrected chi connectivity index (χ3v) is 4.41. The van der Waals surface area contributed by atoms with E-state index in [1.807, 2.05) is 38.1 Å². The molecule has 22 heavy (non-hydrogen) atoms. The van der Waals surface area contributed by atoms with Crippen molar-refractivity contribution in [3.8, 4) is 0 Å². The number of nitrogens with zero attached hydrogens (tertiary/aromatic N) is 3. The summed E-state index contributed by atoms with van der Waals surface area (Å²) in [5.41, 5.74) is 4.00. The first kappa shape index (κ1) is 14.9. The third-order valence-electron chi connectivity index (χ3n) is 3.63. The van der Waals surface area contributed by atoms with Gasteiger partial charge in [0.1, 0.15) is 6.10 Å². The van der Waals surface area contributed by atoms with Gasteiger partial charge >= 0.3 is 0 Å². The molecule has 0 spiro atoms. The summed E-state index contributed by atoms with van der Waals surface area (Å²) in [6.07, 6.45) is 1.54. The molecule has 2 atom stereocenters. The maximum absolute atomic E-state index is 10.4. The average molecular weight is 315 g/mol. The highest BCUT2D eigenvalue weighted by Gasteiger charge is 2.24. The molecule has 1 N–H and O–H groups in total. The highest BCUT2D eigenvalue weighted by atomic mass is 32.1. The fourth-order valence-electron chi connectivity index (χ4n) is 2.21. The summed E-state index contributed by atoms with van der Waals surface area (Å²) >= 11 is 1.54. The molecule has 2 unspecified atom stereocenters. The summed E-state index contributed by atoms with van der Waals surface area (Å²) in [6, 6.07) is 8.08. The third kappa shape index (κ3) is 3.23. The van der Waals surface area contributed by atoms with E-state index in [1.165, 1.54) is 5.56 Å². The van der Waals surface area contributed by atoms with Gasteiger partial charge in [-0.05, 0) is 12.5 Å². The molecule has 1 aromatic carbocycles. The van der Waals surface area contributed by atoms with Crippen LogP contribution in [0.5, 0.6) is 0 Å². The van der Waals surface area contributed by atoms with Crippen molar-refractivity contribution in [1.82, 2.24) is 15.1 Å². The molecule has 0 saturated carbocycles. The number of aliphatic hydroxyl groups excluding tert-OH is 1. The lowest BCUT2D eigenvalue weighted by atomic mass is 9.94. The van der Waals surface area contributed by atoms with Crippen LogP contribution >= 0.6 is 11.3 Å². The fourth-order valence-corrected chi connectivity index (χ4v) is 2.80. The van der Waals surface area contributed by atoms with Crippen molar-refractivity contribution in [2.45, 2.75) is 32.3 Å². The molecule has 0 amide bonds.